The van der Waals surface area contributed by atoms with E-state index in [4.69, 9.17) is 0 Å². The van der Waals surface area contributed by atoms with Gasteiger partial charge >= 0.3 is 5.97 Å². The molecule has 0 amide bonds. The Bertz CT molecular complexity index is 559. The number of unbranched alkanes of at least 4 members (excludes halogenated alkanes) is 1. The first-order valence-corrected chi connectivity index (χ1v) is 9.23. The quantitative estimate of drug-likeness (QED) is 0.373. The molecular weight excluding hydrogens is 314 g/mol. The van der Waals surface area contributed by atoms with Gasteiger partial charge in [-0.05, 0) is 36.7 Å². The molecule has 1 heterocycles. The van der Waals surface area contributed by atoms with E-state index in [2.05, 4.69) is 57.2 Å². The summed E-state index contributed by atoms with van der Waals surface area (Å²) in [6.45, 7) is 5.19. The van der Waals surface area contributed by atoms with Gasteiger partial charge < -0.3 is 15.0 Å². The number of nitrogens with one attached hydrogen (secondary N) is 1. The number of aliphatic imine (C=N–C) groups is 1. The second kappa shape index (κ2) is 10.1. The highest BCUT2D eigenvalue weighted by molar-refractivity contribution is 5.80. The summed E-state index contributed by atoms with van der Waals surface area (Å²) in [4.78, 5) is 17.9. The van der Waals surface area contributed by atoms with E-state index in [0.29, 0.717) is 18.3 Å². The maximum atomic E-state index is 11.1. The molecule has 2 rings (SSSR count). The molecule has 0 bridgehead atoms. The molecule has 1 saturated heterocycles. The average molecular weight is 345 g/mol. The Kier molecular flexibility index (Phi) is 7.76. The number of likely N-dealkylation sites (tertiary alicyclic amines) is 1. The Hall–Kier alpha value is -2.04. The van der Waals surface area contributed by atoms with Crippen LogP contribution in [0.2, 0.25) is 0 Å². The Morgan fingerprint density at radius 1 is 1.32 bits per heavy atom. The first kappa shape index (κ1) is 19.3. The Morgan fingerprint density at radius 3 is 2.72 bits per heavy atom. The summed E-state index contributed by atoms with van der Waals surface area (Å²) in [5.41, 5.74) is 1.44. The van der Waals surface area contributed by atoms with Crippen LogP contribution >= 0.6 is 0 Å². The Morgan fingerprint density at radius 2 is 2.08 bits per heavy atom. The van der Waals surface area contributed by atoms with Crippen molar-refractivity contribution in [1.82, 2.24) is 10.2 Å². The van der Waals surface area contributed by atoms with Crippen LogP contribution in [-0.2, 0) is 9.53 Å². The smallest absolute Gasteiger partial charge is 0.305 e. The van der Waals surface area contributed by atoms with Gasteiger partial charge in [0.05, 0.1) is 7.11 Å². The van der Waals surface area contributed by atoms with E-state index in [9.17, 15) is 4.79 Å². The zero-order valence-electron chi connectivity index (χ0n) is 15.7. The molecule has 138 valence electrons. The lowest BCUT2D eigenvalue weighted by atomic mass is 9.82. The molecule has 1 aromatic rings. The fourth-order valence-corrected chi connectivity index (χ4v) is 3.56. The van der Waals surface area contributed by atoms with Crippen LogP contribution in [0.1, 0.15) is 44.1 Å². The van der Waals surface area contributed by atoms with Gasteiger partial charge in [0.2, 0.25) is 0 Å². The zero-order chi connectivity index (χ0) is 18.1. The van der Waals surface area contributed by atoms with Crippen LogP contribution in [0.15, 0.2) is 35.3 Å². The van der Waals surface area contributed by atoms with Gasteiger partial charge in [-0.3, -0.25) is 9.79 Å². The molecule has 1 aromatic carbocycles. The van der Waals surface area contributed by atoms with E-state index >= 15 is 0 Å². The molecule has 2 atom stereocenters. The van der Waals surface area contributed by atoms with Gasteiger partial charge in [0, 0.05) is 33.1 Å². The molecule has 25 heavy (non-hydrogen) atoms. The van der Waals surface area contributed by atoms with E-state index in [-0.39, 0.29) is 5.97 Å². The summed E-state index contributed by atoms with van der Waals surface area (Å²) in [7, 11) is 3.27. The predicted molar refractivity (Wildman–Crippen MR) is 102 cm³/mol. The molecule has 5 heteroatoms. The van der Waals surface area contributed by atoms with Crippen molar-refractivity contribution < 1.29 is 9.53 Å². The maximum absolute atomic E-state index is 11.1. The number of hydrogen-bond donors (Lipinski definition) is 1. The van der Waals surface area contributed by atoms with Gasteiger partial charge in [-0.25, -0.2) is 0 Å². The molecule has 0 aromatic heterocycles. The van der Waals surface area contributed by atoms with Crippen LogP contribution in [0, 0.1) is 5.92 Å². The molecule has 1 aliphatic rings. The lowest BCUT2D eigenvalue weighted by Gasteiger charge is -2.39. The molecule has 0 radical (unpaired) electrons. The normalized spacial score (nSPS) is 21.1. The van der Waals surface area contributed by atoms with Gasteiger partial charge in [-0.15, -0.1) is 0 Å². The third-order valence-corrected chi connectivity index (χ3v) is 4.96. The van der Waals surface area contributed by atoms with Crippen LogP contribution in [0.5, 0.6) is 0 Å². The number of piperidine rings is 1. The van der Waals surface area contributed by atoms with Crippen molar-refractivity contribution in [3.63, 3.8) is 0 Å². The minimum atomic E-state index is -0.138. The molecule has 0 spiro atoms. The molecule has 1 N–H and O–H groups in total. The fraction of sp³-hybridized carbons (Fsp3) is 0.600. The molecule has 2 unspecified atom stereocenters. The maximum Gasteiger partial charge on any atom is 0.305 e. The largest absolute Gasteiger partial charge is 0.469 e. The number of carbonyl (C=O) groups excluding carboxylic acids is 1. The van der Waals surface area contributed by atoms with Crippen molar-refractivity contribution >= 4 is 11.9 Å². The number of rotatable bonds is 6. The molecular formula is C20H31N3O2. The monoisotopic (exact) mass is 345 g/mol. The van der Waals surface area contributed by atoms with E-state index in [1.807, 2.05) is 7.05 Å². The SMILES string of the molecule is CN=C(NCCCCC(=O)OC)N1CCC(c2ccccc2)C(C)C1. The molecule has 1 fully saturated rings. The van der Waals surface area contributed by atoms with E-state index in [1.165, 1.54) is 12.7 Å². The lowest BCUT2D eigenvalue weighted by Crippen LogP contribution is -2.48. The van der Waals surface area contributed by atoms with Crippen molar-refractivity contribution in [2.24, 2.45) is 10.9 Å². The van der Waals surface area contributed by atoms with Crippen LogP contribution in [-0.4, -0.2) is 50.6 Å². The van der Waals surface area contributed by atoms with Crippen LogP contribution < -0.4 is 5.32 Å². The standard InChI is InChI=1S/C20H31N3O2/c1-16-15-23(14-12-18(16)17-9-5-4-6-10-17)20(21-2)22-13-8-7-11-19(24)25-3/h4-6,9-10,16,18H,7-8,11-15H2,1-3H3,(H,21,22). The van der Waals surface area contributed by atoms with Crippen LogP contribution in [0.3, 0.4) is 0 Å². The van der Waals surface area contributed by atoms with E-state index in [1.54, 1.807) is 0 Å². The predicted octanol–water partition coefficient (Wildman–Crippen LogP) is 3.03. The molecule has 0 aliphatic carbocycles. The Labute approximate surface area is 151 Å². The van der Waals surface area contributed by atoms with Crippen LogP contribution in [0.25, 0.3) is 0 Å². The first-order valence-electron chi connectivity index (χ1n) is 9.23. The number of esters is 1. The number of hydrogen-bond acceptors (Lipinski definition) is 3. The van der Waals surface area contributed by atoms with E-state index in [0.717, 1.165) is 44.9 Å². The average Bonchev–Trinajstić information content (AvgIpc) is 2.65. The second-order valence-electron chi connectivity index (χ2n) is 6.74. The van der Waals surface area contributed by atoms with Gasteiger partial charge in [0.15, 0.2) is 5.96 Å². The van der Waals surface area contributed by atoms with Crippen molar-refractivity contribution in [2.45, 2.75) is 38.5 Å². The molecule has 0 saturated carbocycles. The van der Waals surface area contributed by atoms with Crippen LogP contribution in [0.4, 0.5) is 0 Å². The number of benzene rings is 1. The first-order chi connectivity index (χ1) is 12.2. The molecule has 5 nitrogen and oxygen atoms in total. The highest BCUT2D eigenvalue weighted by Crippen LogP contribution is 2.32. The van der Waals surface area contributed by atoms with Gasteiger partial charge in [-0.2, -0.15) is 0 Å². The number of ether oxygens (including phenoxy) is 1. The zero-order valence-corrected chi connectivity index (χ0v) is 15.7. The highest BCUT2D eigenvalue weighted by atomic mass is 16.5. The summed E-state index contributed by atoms with van der Waals surface area (Å²) in [5.74, 6) is 2.04. The van der Waals surface area contributed by atoms with Gasteiger partial charge in [0.25, 0.3) is 0 Å². The number of carbonyl (C=O) groups is 1. The third kappa shape index (κ3) is 5.76. The lowest BCUT2D eigenvalue weighted by molar-refractivity contribution is -0.140. The van der Waals surface area contributed by atoms with Crippen molar-refractivity contribution in [2.75, 3.05) is 33.8 Å². The third-order valence-electron chi connectivity index (χ3n) is 4.96. The Balaban J connectivity index is 1.78. The summed E-state index contributed by atoms with van der Waals surface area (Å²) >= 11 is 0. The van der Waals surface area contributed by atoms with Crippen molar-refractivity contribution in [3.05, 3.63) is 35.9 Å². The van der Waals surface area contributed by atoms with E-state index < -0.39 is 0 Å². The number of nitrogens with zero attached hydrogens (tertiary/aromatic N) is 2. The summed E-state index contributed by atoms with van der Waals surface area (Å²) in [6.07, 6.45) is 3.40. The number of methoxy groups -OCH3 is 1. The van der Waals surface area contributed by atoms with Crippen molar-refractivity contribution in [1.29, 1.82) is 0 Å². The minimum Gasteiger partial charge on any atom is -0.469 e. The topological polar surface area (TPSA) is 53.9 Å². The summed E-state index contributed by atoms with van der Waals surface area (Å²) < 4.78 is 4.66. The summed E-state index contributed by atoms with van der Waals surface area (Å²) in [5, 5.41) is 3.43. The number of guanidine groups is 1. The fourth-order valence-electron chi connectivity index (χ4n) is 3.56. The summed E-state index contributed by atoms with van der Waals surface area (Å²) in [6, 6.07) is 10.8. The van der Waals surface area contributed by atoms with Gasteiger partial charge in [0.1, 0.15) is 0 Å². The second-order valence-corrected chi connectivity index (χ2v) is 6.74. The van der Waals surface area contributed by atoms with Gasteiger partial charge in [-0.1, -0.05) is 37.3 Å². The molecule has 1 aliphatic heterocycles. The van der Waals surface area contributed by atoms with Crippen molar-refractivity contribution in [3.8, 4) is 0 Å². The highest BCUT2D eigenvalue weighted by Gasteiger charge is 2.28. The minimum absolute atomic E-state index is 0.138.